The number of sulfonamides is 1. The number of rotatable bonds is 5. The number of fused-ring (bicyclic) bond motifs is 1. The van der Waals surface area contributed by atoms with Gasteiger partial charge in [-0.2, -0.15) is 9.29 Å². The Morgan fingerprint density at radius 2 is 1.73 bits per heavy atom. The predicted molar refractivity (Wildman–Crippen MR) is 125 cm³/mol. The highest BCUT2D eigenvalue weighted by molar-refractivity contribution is 7.89. The highest BCUT2D eigenvalue weighted by atomic mass is 32.2. The molecule has 1 aliphatic rings. The van der Waals surface area contributed by atoms with Crippen molar-refractivity contribution in [2.75, 3.05) is 26.2 Å². The summed E-state index contributed by atoms with van der Waals surface area (Å²) in [4.78, 5) is 11.3. The maximum atomic E-state index is 13.4. The summed E-state index contributed by atoms with van der Waals surface area (Å²) >= 11 is 0. The molecule has 0 spiro atoms. The molecule has 0 saturated carbocycles. The molecule has 0 amide bonds. The van der Waals surface area contributed by atoms with E-state index in [-0.39, 0.29) is 4.90 Å². The van der Waals surface area contributed by atoms with Gasteiger partial charge >= 0.3 is 0 Å². The van der Waals surface area contributed by atoms with E-state index in [2.05, 4.69) is 20.0 Å². The number of hydrogen-bond donors (Lipinski definition) is 0. The van der Waals surface area contributed by atoms with E-state index in [4.69, 9.17) is 4.52 Å². The van der Waals surface area contributed by atoms with Crippen LogP contribution in [0.5, 0.6) is 0 Å². The Labute approximate surface area is 192 Å². The summed E-state index contributed by atoms with van der Waals surface area (Å²) in [5.41, 5.74) is 3.59. The van der Waals surface area contributed by atoms with Crippen LogP contribution in [0.2, 0.25) is 0 Å². The van der Waals surface area contributed by atoms with Crippen molar-refractivity contribution < 1.29 is 12.9 Å². The van der Waals surface area contributed by atoms with Gasteiger partial charge in [-0.25, -0.2) is 8.42 Å². The van der Waals surface area contributed by atoms with E-state index >= 15 is 0 Å². The molecule has 9 heteroatoms. The number of aromatic nitrogens is 3. The van der Waals surface area contributed by atoms with E-state index < -0.39 is 10.0 Å². The Bertz CT molecular complexity index is 1390. The molecular weight excluding hydrogens is 438 g/mol. The van der Waals surface area contributed by atoms with Crippen molar-refractivity contribution in [2.45, 2.75) is 25.3 Å². The van der Waals surface area contributed by atoms with Gasteiger partial charge in [0.15, 0.2) is 0 Å². The normalized spacial score (nSPS) is 15.8. The quantitative estimate of drug-likeness (QED) is 0.448. The topological polar surface area (TPSA) is 92.4 Å². The Morgan fingerprint density at radius 1 is 0.970 bits per heavy atom. The van der Waals surface area contributed by atoms with Crippen LogP contribution in [0, 0.1) is 13.8 Å². The van der Waals surface area contributed by atoms with E-state index in [9.17, 15) is 8.42 Å². The minimum Gasteiger partial charge on any atom is -0.338 e. The lowest BCUT2D eigenvalue weighted by atomic mass is 10.1. The number of piperazine rings is 1. The van der Waals surface area contributed by atoms with Crippen LogP contribution in [0.15, 0.2) is 64.1 Å². The molecule has 33 heavy (non-hydrogen) atoms. The fourth-order valence-electron chi connectivity index (χ4n) is 4.05. The summed E-state index contributed by atoms with van der Waals surface area (Å²) in [6, 6.07) is 15.2. The molecule has 3 heterocycles. The summed E-state index contributed by atoms with van der Waals surface area (Å²) in [5, 5.41) is 4.91. The number of benzene rings is 2. The molecule has 0 bridgehead atoms. The van der Waals surface area contributed by atoms with Crippen LogP contribution in [0.3, 0.4) is 0 Å². The standard InChI is InChI=1S/C24H25N5O3S/c1-17-6-8-19(9-7-17)24-26-22(32-27-24)16-28-10-12-29(13-11-28)33(30,31)21-5-3-4-20-14-18(2)15-25-23(20)21/h3-9,14-15H,10-13,16H2,1-2H3. The molecule has 0 radical (unpaired) electrons. The zero-order chi connectivity index (χ0) is 23.0. The van der Waals surface area contributed by atoms with Crippen LogP contribution in [0.4, 0.5) is 0 Å². The average molecular weight is 464 g/mol. The van der Waals surface area contributed by atoms with Gasteiger partial charge in [0.05, 0.1) is 12.1 Å². The second kappa shape index (κ2) is 8.66. The maximum Gasteiger partial charge on any atom is 0.245 e. The van der Waals surface area contributed by atoms with Gasteiger partial charge in [-0.15, -0.1) is 0 Å². The van der Waals surface area contributed by atoms with Crippen molar-refractivity contribution in [3.8, 4) is 11.4 Å². The summed E-state index contributed by atoms with van der Waals surface area (Å²) in [6.07, 6.45) is 1.70. The van der Waals surface area contributed by atoms with Crippen LogP contribution in [-0.2, 0) is 16.6 Å². The molecular formula is C24H25N5O3S. The van der Waals surface area contributed by atoms with Crippen LogP contribution < -0.4 is 0 Å². The van der Waals surface area contributed by atoms with Crippen molar-refractivity contribution >= 4 is 20.9 Å². The predicted octanol–water partition coefficient (Wildman–Crippen LogP) is 3.41. The Balaban J connectivity index is 1.26. The summed E-state index contributed by atoms with van der Waals surface area (Å²) in [6.45, 7) is 6.41. The first kappa shape index (κ1) is 21.7. The zero-order valence-corrected chi connectivity index (χ0v) is 19.4. The average Bonchev–Trinajstić information content (AvgIpc) is 3.27. The number of hydrogen-bond acceptors (Lipinski definition) is 7. The Morgan fingerprint density at radius 3 is 2.48 bits per heavy atom. The molecule has 1 saturated heterocycles. The van der Waals surface area contributed by atoms with Crippen molar-refractivity contribution in [2.24, 2.45) is 0 Å². The van der Waals surface area contributed by atoms with Gasteiger partial charge in [0, 0.05) is 43.3 Å². The maximum absolute atomic E-state index is 13.4. The minimum atomic E-state index is -3.64. The molecule has 0 unspecified atom stereocenters. The van der Waals surface area contributed by atoms with Gasteiger partial charge in [0.25, 0.3) is 0 Å². The Hall–Kier alpha value is -3.14. The number of para-hydroxylation sites is 1. The third-order valence-corrected chi connectivity index (χ3v) is 7.83. The van der Waals surface area contributed by atoms with Gasteiger partial charge in [-0.3, -0.25) is 9.88 Å². The van der Waals surface area contributed by atoms with Gasteiger partial charge < -0.3 is 4.52 Å². The van der Waals surface area contributed by atoms with Crippen LogP contribution in [0.1, 0.15) is 17.0 Å². The SMILES string of the molecule is Cc1ccc(-c2noc(CN3CCN(S(=O)(=O)c4cccc5cc(C)cnc45)CC3)n2)cc1. The molecule has 170 valence electrons. The zero-order valence-electron chi connectivity index (χ0n) is 18.6. The lowest BCUT2D eigenvalue weighted by Gasteiger charge is -2.33. The van der Waals surface area contributed by atoms with Crippen molar-refractivity contribution in [3.05, 3.63) is 71.7 Å². The van der Waals surface area contributed by atoms with Gasteiger partial charge in [0.2, 0.25) is 21.7 Å². The van der Waals surface area contributed by atoms with Gasteiger partial charge in [0.1, 0.15) is 4.90 Å². The molecule has 4 aromatic rings. The second-order valence-corrected chi connectivity index (χ2v) is 10.3. The lowest BCUT2D eigenvalue weighted by Crippen LogP contribution is -2.48. The third-order valence-electron chi connectivity index (χ3n) is 5.90. The highest BCUT2D eigenvalue weighted by Gasteiger charge is 2.30. The molecule has 8 nitrogen and oxygen atoms in total. The molecule has 2 aromatic carbocycles. The first-order valence-corrected chi connectivity index (χ1v) is 12.3. The van der Waals surface area contributed by atoms with E-state index in [1.165, 1.54) is 9.87 Å². The molecule has 2 aromatic heterocycles. The van der Waals surface area contributed by atoms with Gasteiger partial charge in [-0.05, 0) is 31.5 Å². The van der Waals surface area contributed by atoms with E-state index in [1.54, 1.807) is 18.3 Å². The molecule has 0 N–H and O–H groups in total. The molecule has 0 aliphatic carbocycles. The summed E-state index contributed by atoms with van der Waals surface area (Å²) in [7, 11) is -3.64. The summed E-state index contributed by atoms with van der Waals surface area (Å²) in [5.74, 6) is 1.08. The lowest BCUT2D eigenvalue weighted by molar-refractivity contribution is 0.163. The van der Waals surface area contributed by atoms with E-state index in [0.717, 1.165) is 16.5 Å². The fourth-order valence-corrected chi connectivity index (χ4v) is 5.64. The number of aryl methyl sites for hydroxylation is 2. The molecule has 1 aliphatic heterocycles. The van der Waals surface area contributed by atoms with E-state index in [1.807, 2.05) is 50.2 Å². The fraction of sp³-hybridized carbons (Fsp3) is 0.292. The van der Waals surface area contributed by atoms with Crippen LogP contribution in [0.25, 0.3) is 22.3 Å². The van der Waals surface area contributed by atoms with E-state index in [0.29, 0.717) is 50.0 Å². The van der Waals surface area contributed by atoms with Crippen LogP contribution in [-0.4, -0.2) is 58.9 Å². The number of pyridine rings is 1. The summed E-state index contributed by atoms with van der Waals surface area (Å²) < 4.78 is 33.7. The first-order valence-electron chi connectivity index (χ1n) is 10.9. The van der Waals surface area contributed by atoms with Crippen molar-refractivity contribution in [1.29, 1.82) is 0 Å². The highest BCUT2D eigenvalue weighted by Crippen LogP contribution is 2.26. The van der Waals surface area contributed by atoms with Crippen LogP contribution >= 0.6 is 0 Å². The largest absolute Gasteiger partial charge is 0.338 e. The first-order chi connectivity index (χ1) is 15.9. The molecule has 1 fully saturated rings. The smallest absolute Gasteiger partial charge is 0.245 e. The molecule has 0 atom stereocenters. The second-order valence-electron chi connectivity index (χ2n) is 8.40. The van der Waals surface area contributed by atoms with Crippen molar-refractivity contribution in [3.63, 3.8) is 0 Å². The third kappa shape index (κ3) is 4.39. The Kier molecular flexibility index (Phi) is 5.69. The minimum absolute atomic E-state index is 0.257. The van der Waals surface area contributed by atoms with Gasteiger partial charge in [-0.1, -0.05) is 47.1 Å². The number of nitrogens with zero attached hydrogens (tertiary/aromatic N) is 5. The molecule has 5 rings (SSSR count). The monoisotopic (exact) mass is 463 g/mol. The van der Waals surface area contributed by atoms with Crippen molar-refractivity contribution in [1.82, 2.24) is 24.3 Å².